The first kappa shape index (κ1) is 13.4. The van der Waals surface area contributed by atoms with Crippen LogP contribution in [0.5, 0.6) is 0 Å². The molecule has 0 aromatic heterocycles. The molecular formula is C16H26N2. The van der Waals surface area contributed by atoms with Gasteiger partial charge in [0.15, 0.2) is 0 Å². The first-order chi connectivity index (χ1) is 8.70. The van der Waals surface area contributed by atoms with E-state index < -0.39 is 0 Å². The van der Waals surface area contributed by atoms with Crippen molar-refractivity contribution in [3.8, 4) is 0 Å². The van der Waals surface area contributed by atoms with Crippen LogP contribution < -0.4 is 10.6 Å². The van der Waals surface area contributed by atoms with Crippen LogP contribution in [0.2, 0.25) is 0 Å². The van der Waals surface area contributed by atoms with E-state index in [4.69, 9.17) is 0 Å². The maximum atomic E-state index is 3.75. The Morgan fingerprint density at radius 3 is 2.22 bits per heavy atom. The summed E-state index contributed by atoms with van der Waals surface area (Å²) in [5.74, 6) is 0.586. The van der Waals surface area contributed by atoms with E-state index in [-0.39, 0.29) is 0 Å². The average molecular weight is 246 g/mol. The number of rotatable bonds is 4. The summed E-state index contributed by atoms with van der Waals surface area (Å²) in [5.41, 5.74) is 2.77. The van der Waals surface area contributed by atoms with E-state index in [1.54, 1.807) is 0 Å². The molecule has 1 aromatic rings. The van der Waals surface area contributed by atoms with Crippen molar-refractivity contribution >= 4 is 5.69 Å². The summed E-state index contributed by atoms with van der Waals surface area (Å²) in [6.45, 7) is 4.52. The molecule has 1 aromatic carbocycles. The van der Waals surface area contributed by atoms with Gasteiger partial charge in [-0.1, -0.05) is 32.0 Å². The SMILES string of the molecule is CNC1CCC(Nc2ccccc2C(C)C)CC1. The number of nitrogens with one attached hydrogen (secondary N) is 2. The fourth-order valence-electron chi connectivity index (χ4n) is 2.88. The van der Waals surface area contributed by atoms with Crippen molar-refractivity contribution in [1.82, 2.24) is 5.32 Å². The minimum absolute atomic E-state index is 0.586. The first-order valence-electron chi connectivity index (χ1n) is 7.23. The highest BCUT2D eigenvalue weighted by atomic mass is 14.9. The van der Waals surface area contributed by atoms with Gasteiger partial charge in [0.25, 0.3) is 0 Å². The van der Waals surface area contributed by atoms with Gasteiger partial charge in [-0.05, 0) is 50.3 Å². The third-order valence-electron chi connectivity index (χ3n) is 4.08. The predicted octanol–water partition coefficient (Wildman–Crippen LogP) is 3.75. The third-order valence-corrected chi connectivity index (χ3v) is 4.08. The zero-order chi connectivity index (χ0) is 13.0. The molecule has 0 radical (unpaired) electrons. The number of anilines is 1. The summed E-state index contributed by atoms with van der Waals surface area (Å²) in [6.07, 6.45) is 5.13. The van der Waals surface area contributed by atoms with Crippen molar-refractivity contribution < 1.29 is 0 Å². The number of para-hydroxylation sites is 1. The van der Waals surface area contributed by atoms with Crippen molar-refractivity contribution in [2.24, 2.45) is 0 Å². The topological polar surface area (TPSA) is 24.1 Å². The molecule has 2 N–H and O–H groups in total. The maximum Gasteiger partial charge on any atom is 0.0377 e. The van der Waals surface area contributed by atoms with Gasteiger partial charge in [-0.25, -0.2) is 0 Å². The Morgan fingerprint density at radius 2 is 1.61 bits per heavy atom. The van der Waals surface area contributed by atoms with Crippen molar-refractivity contribution in [3.63, 3.8) is 0 Å². The zero-order valence-electron chi connectivity index (χ0n) is 11.9. The lowest BCUT2D eigenvalue weighted by molar-refractivity contribution is 0.371. The molecule has 0 heterocycles. The van der Waals surface area contributed by atoms with E-state index >= 15 is 0 Å². The summed E-state index contributed by atoms with van der Waals surface area (Å²) in [7, 11) is 2.08. The van der Waals surface area contributed by atoms with Crippen LogP contribution in [-0.4, -0.2) is 19.1 Å². The minimum atomic E-state index is 0.586. The Morgan fingerprint density at radius 1 is 1.00 bits per heavy atom. The molecule has 0 saturated heterocycles. The molecule has 0 atom stereocenters. The summed E-state index contributed by atoms with van der Waals surface area (Å²) in [5, 5.41) is 7.14. The lowest BCUT2D eigenvalue weighted by Gasteiger charge is -2.30. The van der Waals surface area contributed by atoms with Gasteiger partial charge in [-0.15, -0.1) is 0 Å². The van der Waals surface area contributed by atoms with E-state index in [1.165, 1.54) is 36.9 Å². The molecule has 1 saturated carbocycles. The molecular weight excluding hydrogens is 220 g/mol. The maximum absolute atomic E-state index is 3.75. The second-order valence-corrected chi connectivity index (χ2v) is 5.72. The van der Waals surface area contributed by atoms with Crippen LogP contribution >= 0.6 is 0 Å². The quantitative estimate of drug-likeness (QED) is 0.845. The molecule has 100 valence electrons. The molecule has 0 unspecified atom stereocenters. The Hall–Kier alpha value is -1.02. The van der Waals surface area contributed by atoms with E-state index in [1.807, 2.05) is 0 Å². The molecule has 1 aliphatic rings. The van der Waals surface area contributed by atoms with Crippen LogP contribution in [0.25, 0.3) is 0 Å². The standard InChI is InChI=1S/C16H26N2/c1-12(2)15-6-4-5-7-16(15)18-14-10-8-13(17-3)9-11-14/h4-7,12-14,17-18H,8-11H2,1-3H3. The number of hydrogen-bond donors (Lipinski definition) is 2. The van der Waals surface area contributed by atoms with Gasteiger partial charge in [0.2, 0.25) is 0 Å². The normalized spacial score (nSPS) is 24.2. The average Bonchev–Trinajstić information content (AvgIpc) is 2.40. The summed E-state index contributed by atoms with van der Waals surface area (Å²) in [6, 6.07) is 10.1. The molecule has 1 fully saturated rings. The molecule has 2 nitrogen and oxygen atoms in total. The van der Waals surface area contributed by atoms with Gasteiger partial charge in [0.05, 0.1) is 0 Å². The predicted molar refractivity (Wildman–Crippen MR) is 79.3 cm³/mol. The fraction of sp³-hybridized carbons (Fsp3) is 0.625. The van der Waals surface area contributed by atoms with Crippen LogP contribution in [0.4, 0.5) is 5.69 Å². The lowest BCUT2D eigenvalue weighted by Crippen LogP contribution is -2.35. The Bertz CT molecular complexity index is 365. The van der Waals surface area contributed by atoms with Crippen molar-refractivity contribution in [1.29, 1.82) is 0 Å². The number of hydrogen-bond acceptors (Lipinski definition) is 2. The lowest BCUT2D eigenvalue weighted by atomic mass is 9.90. The second kappa shape index (κ2) is 6.24. The van der Waals surface area contributed by atoms with Crippen molar-refractivity contribution in [2.75, 3.05) is 12.4 Å². The first-order valence-corrected chi connectivity index (χ1v) is 7.23. The molecule has 0 amide bonds. The third kappa shape index (κ3) is 3.26. The largest absolute Gasteiger partial charge is 0.382 e. The van der Waals surface area contributed by atoms with Gasteiger partial charge in [0.1, 0.15) is 0 Å². The summed E-state index contributed by atoms with van der Waals surface area (Å²) in [4.78, 5) is 0. The van der Waals surface area contributed by atoms with Crippen LogP contribution in [0, 0.1) is 0 Å². The molecule has 1 aliphatic carbocycles. The highest BCUT2D eigenvalue weighted by Gasteiger charge is 2.20. The number of benzene rings is 1. The smallest absolute Gasteiger partial charge is 0.0377 e. The van der Waals surface area contributed by atoms with Crippen molar-refractivity contribution in [3.05, 3.63) is 29.8 Å². The molecule has 0 bridgehead atoms. The highest BCUT2D eigenvalue weighted by Crippen LogP contribution is 2.27. The van der Waals surface area contributed by atoms with Crippen LogP contribution in [0.3, 0.4) is 0 Å². The van der Waals surface area contributed by atoms with E-state index in [0.29, 0.717) is 12.0 Å². The molecule has 18 heavy (non-hydrogen) atoms. The summed E-state index contributed by atoms with van der Waals surface area (Å²) < 4.78 is 0. The Kier molecular flexibility index (Phi) is 4.65. The van der Waals surface area contributed by atoms with Crippen molar-refractivity contribution in [2.45, 2.75) is 57.5 Å². The van der Waals surface area contributed by atoms with Gasteiger partial charge >= 0.3 is 0 Å². The molecule has 0 aliphatic heterocycles. The van der Waals surface area contributed by atoms with Crippen LogP contribution in [0.15, 0.2) is 24.3 Å². The van der Waals surface area contributed by atoms with Gasteiger partial charge in [0, 0.05) is 17.8 Å². The molecule has 0 spiro atoms. The monoisotopic (exact) mass is 246 g/mol. The van der Waals surface area contributed by atoms with Gasteiger partial charge < -0.3 is 10.6 Å². The van der Waals surface area contributed by atoms with E-state index in [2.05, 4.69) is 55.8 Å². The zero-order valence-corrected chi connectivity index (χ0v) is 11.9. The Labute approximate surface area is 111 Å². The summed E-state index contributed by atoms with van der Waals surface area (Å²) >= 11 is 0. The van der Waals surface area contributed by atoms with Crippen LogP contribution in [-0.2, 0) is 0 Å². The van der Waals surface area contributed by atoms with E-state index in [9.17, 15) is 0 Å². The second-order valence-electron chi connectivity index (χ2n) is 5.72. The Balaban J connectivity index is 1.98. The van der Waals surface area contributed by atoms with E-state index in [0.717, 1.165) is 6.04 Å². The van der Waals surface area contributed by atoms with Gasteiger partial charge in [-0.2, -0.15) is 0 Å². The highest BCUT2D eigenvalue weighted by molar-refractivity contribution is 5.53. The molecule has 2 heteroatoms. The molecule has 2 rings (SSSR count). The van der Waals surface area contributed by atoms with Crippen LogP contribution in [0.1, 0.15) is 51.0 Å². The fourth-order valence-corrected chi connectivity index (χ4v) is 2.88. The minimum Gasteiger partial charge on any atom is -0.382 e. The van der Waals surface area contributed by atoms with Gasteiger partial charge in [-0.3, -0.25) is 0 Å².